The van der Waals surface area contributed by atoms with E-state index in [0.717, 1.165) is 5.56 Å². The summed E-state index contributed by atoms with van der Waals surface area (Å²) in [5, 5.41) is 14.6. The minimum atomic E-state index is -0.926. The Hall–Kier alpha value is -2.90. The van der Waals surface area contributed by atoms with E-state index >= 15 is 0 Å². The maximum atomic E-state index is 11.1. The monoisotopic (exact) mass is 276 g/mol. The number of amides is 1. The second kappa shape index (κ2) is 5.39. The third-order valence-corrected chi connectivity index (χ3v) is 2.68. The summed E-state index contributed by atoms with van der Waals surface area (Å²) < 4.78 is 6.34. The SMILES string of the molecule is COc1ccc(Cn2cc([N+](=O)[O-])c(C(N)=O)n2)cc1. The van der Waals surface area contributed by atoms with Crippen LogP contribution in [0.1, 0.15) is 16.1 Å². The van der Waals surface area contributed by atoms with Crippen molar-refractivity contribution in [2.75, 3.05) is 7.11 Å². The molecule has 2 rings (SSSR count). The second-order valence-electron chi connectivity index (χ2n) is 4.03. The van der Waals surface area contributed by atoms with Crippen molar-refractivity contribution in [1.82, 2.24) is 9.78 Å². The molecule has 0 bridgehead atoms. The highest BCUT2D eigenvalue weighted by atomic mass is 16.6. The lowest BCUT2D eigenvalue weighted by molar-refractivity contribution is -0.385. The highest BCUT2D eigenvalue weighted by molar-refractivity contribution is 5.94. The van der Waals surface area contributed by atoms with Crippen LogP contribution in [0, 0.1) is 10.1 Å². The number of rotatable bonds is 5. The van der Waals surface area contributed by atoms with E-state index in [0.29, 0.717) is 5.75 Å². The topological polar surface area (TPSA) is 113 Å². The number of nitrogens with two attached hydrogens (primary N) is 1. The molecule has 0 unspecified atom stereocenters. The highest BCUT2D eigenvalue weighted by Gasteiger charge is 2.23. The summed E-state index contributed by atoms with van der Waals surface area (Å²) in [6.45, 7) is 0.290. The van der Waals surface area contributed by atoms with E-state index in [4.69, 9.17) is 10.5 Å². The average Bonchev–Trinajstić information content (AvgIpc) is 2.84. The molecule has 0 aliphatic rings. The zero-order valence-electron chi connectivity index (χ0n) is 10.6. The highest BCUT2D eigenvalue weighted by Crippen LogP contribution is 2.18. The molecular formula is C12H12N4O4. The predicted octanol–water partition coefficient (Wildman–Crippen LogP) is 0.947. The van der Waals surface area contributed by atoms with Gasteiger partial charge in [-0.15, -0.1) is 0 Å². The Morgan fingerprint density at radius 2 is 2.10 bits per heavy atom. The number of benzene rings is 1. The number of aromatic nitrogens is 2. The van der Waals surface area contributed by atoms with Crippen LogP contribution in [-0.2, 0) is 6.54 Å². The van der Waals surface area contributed by atoms with Crippen molar-refractivity contribution in [2.45, 2.75) is 6.54 Å². The van der Waals surface area contributed by atoms with Crippen molar-refractivity contribution in [3.05, 3.63) is 51.8 Å². The molecule has 0 atom stereocenters. The van der Waals surface area contributed by atoms with Gasteiger partial charge in [-0.3, -0.25) is 19.6 Å². The molecule has 0 spiro atoms. The third kappa shape index (κ3) is 2.74. The first kappa shape index (κ1) is 13.5. The Labute approximate surface area is 113 Å². The van der Waals surface area contributed by atoms with E-state index in [1.165, 1.54) is 10.9 Å². The van der Waals surface area contributed by atoms with Gasteiger partial charge in [0, 0.05) is 0 Å². The van der Waals surface area contributed by atoms with Gasteiger partial charge in [-0.05, 0) is 17.7 Å². The van der Waals surface area contributed by atoms with E-state index in [1.807, 2.05) is 0 Å². The van der Waals surface area contributed by atoms with Gasteiger partial charge in [-0.25, -0.2) is 0 Å². The van der Waals surface area contributed by atoms with Gasteiger partial charge in [-0.1, -0.05) is 12.1 Å². The summed E-state index contributed by atoms with van der Waals surface area (Å²) in [6, 6.07) is 7.14. The number of nitro groups is 1. The number of hydrogen-bond acceptors (Lipinski definition) is 5. The fraction of sp³-hybridized carbons (Fsp3) is 0.167. The van der Waals surface area contributed by atoms with E-state index < -0.39 is 16.5 Å². The first-order valence-electron chi connectivity index (χ1n) is 5.66. The van der Waals surface area contributed by atoms with Crippen molar-refractivity contribution in [2.24, 2.45) is 5.73 Å². The Balaban J connectivity index is 2.26. The zero-order chi connectivity index (χ0) is 14.7. The van der Waals surface area contributed by atoms with Crippen LogP contribution in [0.5, 0.6) is 5.75 Å². The third-order valence-electron chi connectivity index (χ3n) is 2.68. The fourth-order valence-corrected chi connectivity index (χ4v) is 1.72. The van der Waals surface area contributed by atoms with Crippen molar-refractivity contribution in [3.63, 3.8) is 0 Å². The van der Waals surface area contributed by atoms with E-state index in [1.54, 1.807) is 31.4 Å². The number of carbonyl (C=O) groups excluding carboxylic acids is 1. The molecule has 0 aliphatic carbocycles. The van der Waals surface area contributed by atoms with Crippen LogP contribution in [0.25, 0.3) is 0 Å². The Morgan fingerprint density at radius 1 is 1.45 bits per heavy atom. The molecule has 0 aliphatic heterocycles. The van der Waals surface area contributed by atoms with E-state index in [9.17, 15) is 14.9 Å². The normalized spacial score (nSPS) is 10.2. The maximum Gasteiger partial charge on any atom is 0.320 e. The number of nitrogens with zero attached hydrogens (tertiary/aromatic N) is 3. The molecule has 20 heavy (non-hydrogen) atoms. The van der Waals surface area contributed by atoms with Crippen LogP contribution in [0.4, 0.5) is 5.69 Å². The van der Waals surface area contributed by atoms with Crippen LogP contribution < -0.4 is 10.5 Å². The van der Waals surface area contributed by atoms with Crippen LogP contribution in [0.3, 0.4) is 0 Å². The fourth-order valence-electron chi connectivity index (χ4n) is 1.72. The number of methoxy groups -OCH3 is 1. The molecule has 0 saturated carbocycles. The lowest BCUT2D eigenvalue weighted by Crippen LogP contribution is -2.14. The van der Waals surface area contributed by atoms with Crippen molar-refractivity contribution in [3.8, 4) is 5.75 Å². The van der Waals surface area contributed by atoms with Crippen molar-refractivity contribution in [1.29, 1.82) is 0 Å². The molecule has 0 fully saturated rings. The molecule has 1 heterocycles. The molecule has 104 valence electrons. The van der Waals surface area contributed by atoms with Crippen LogP contribution in [0.15, 0.2) is 30.5 Å². The molecule has 1 amide bonds. The molecule has 0 radical (unpaired) electrons. The molecule has 1 aromatic carbocycles. The Bertz CT molecular complexity index is 616. The minimum Gasteiger partial charge on any atom is -0.497 e. The Kier molecular flexibility index (Phi) is 3.65. The predicted molar refractivity (Wildman–Crippen MR) is 69.5 cm³/mol. The number of primary amides is 1. The second-order valence-corrected chi connectivity index (χ2v) is 4.03. The molecule has 1 aromatic heterocycles. The average molecular weight is 276 g/mol. The molecule has 8 nitrogen and oxygen atoms in total. The minimum absolute atomic E-state index is 0.290. The van der Waals surface area contributed by atoms with Gasteiger partial charge in [-0.2, -0.15) is 5.10 Å². The first-order chi connectivity index (χ1) is 9.51. The van der Waals surface area contributed by atoms with Crippen molar-refractivity contribution < 1.29 is 14.5 Å². The summed E-state index contributed by atoms with van der Waals surface area (Å²) in [6.07, 6.45) is 1.18. The van der Waals surface area contributed by atoms with Crippen LogP contribution in [-0.4, -0.2) is 27.7 Å². The number of hydrogen-bond donors (Lipinski definition) is 1. The van der Waals surface area contributed by atoms with E-state index in [2.05, 4.69) is 5.10 Å². The summed E-state index contributed by atoms with van der Waals surface area (Å²) in [5.74, 6) is -0.219. The molecule has 2 aromatic rings. The molecule has 0 saturated heterocycles. The standard InChI is InChI=1S/C12H12N4O4/c1-20-9-4-2-8(3-5-9)6-15-7-10(16(18)19)11(14-15)12(13)17/h2-5,7H,6H2,1H3,(H2,13,17). The van der Waals surface area contributed by atoms with Crippen LogP contribution >= 0.6 is 0 Å². The summed E-state index contributed by atoms with van der Waals surface area (Å²) >= 11 is 0. The summed E-state index contributed by atoms with van der Waals surface area (Å²) in [7, 11) is 1.56. The maximum absolute atomic E-state index is 11.1. The lowest BCUT2D eigenvalue weighted by Gasteiger charge is -2.03. The van der Waals surface area contributed by atoms with Gasteiger partial charge >= 0.3 is 5.69 Å². The molecule has 2 N–H and O–H groups in total. The summed E-state index contributed by atoms with van der Waals surface area (Å²) in [4.78, 5) is 21.2. The van der Waals surface area contributed by atoms with Crippen molar-refractivity contribution >= 4 is 11.6 Å². The van der Waals surface area contributed by atoms with Gasteiger partial charge in [0.25, 0.3) is 5.91 Å². The lowest BCUT2D eigenvalue weighted by atomic mass is 10.2. The summed E-state index contributed by atoms with van der Waals surface area (Å²) in [5.41, 5.74) is 5.18. The van der Waals surface area contributed by atoms with Gasteiger partial charge < -0.3 is 10.5 Å². The zero-order valence-corrected chi connectivity index (χ0v) is 10.6. The molecular weight excluding hydrogens is 264 g/mol. The molecule has 8 heteroatoms. The Morgan fingerprint density at radius 3 is 2.55 bits per heavy atom. The first-order valence-corrected chi connectivity index (χ1v) is 5.66. The van der Waals surface area contributed by atoms with Gasteiger partial charge in [0.15, 0.2) is 0 Å². The van der Waals surface area contributed by atoms with E-state index in [-0.39, 0.29) is 12.2 Å². The van der Waals surface area contributed by atoms with Gasteiger partial charge in [0.1, 0.15) is 11.9 Å². The van der Waals surface area contributed by atoms with Gasteiger partial charge in [0.2, 0.25) is 5.69 Å². The quantitative estimate of drug-likeness (QED) is 0.645. The van der Waals surface area contributed by atoms with Crippen LogP contribution in [0.2, 0.25) is 0 Å². The van der Waals surface area contributed by atoms with Gasteiger partial charge in [0.05, 0.1) is 18.6 Å². The number of ether oxygens (including phenoxy) is 1. The smallest absolute Gasteiger partial charge is 0.320 e. The largest absolute Gasteiger partial charge is 0.497 e. The number of carbonyl (C=O) groups is 1.